The topological polar surface area (TPSA) is 66.9 Å². The average molecular weight is 512 g/mol. The van der Waals surface area contributed by atoms with E-state index in [-0.39, 0.29) is 49.2 Å². The molecule has 1 aliphatic carbocycles. The van der Waals surface area contributed by atoms with Crippen LogP contribution in [0.2, 0.25) is 0 Å². The first-order chi connectivity index (χ1) is 17.6. The number of methoxy groups -OCH3 is 1. The Morgan fingerprint density at radius 3 is 2.86 bits per heavy atom. The summed E-state index contributed by atoms with van der Waals surface area (Å²) in [4.78, 5) is 21.6. The Morgan fingerprint density at radius 2 is 2.17 bits per heavy atom. The highest BCUT2D eigenvalue weighted by molar-refractivity contribution is 5.84. The number of aromatic nitrogens is 1. The van der Waals surface area contributed by atoms with Crippen LogP contribution in [0.3, 0.4) is 0 Å². The molecule has 0 spiro atoms. The second-order valence-electron chi connectivity index (χ2n) is 11.1. The normalized spacial score (nSPS) is 35.1. The van der Waals surface area contributed by atoms with Crippen LogP contribution in [0.4, 0.5) is 18.9 Å². The van der Waals surface area contributed by atoms with E-state index in [1.54, 1.807) is 6.07 Å². The van der Waals surface area contributed by atoms with Crippen LogP contribution in [0.5, 0.6) is 0 Å². The maximum absolute atomic E-state index is 14.1. The van der Waals surface area contributed by atoms with Gasteiger partial charge in [-0.15, -0.1) is 0 Å². The minimum Gasteiger partial charge on any atom is -0.379 e. The van der Waals surface area contributed by atoms with Gasteiger partial charge in [-0.3, -0.25) is 9.78 Å². The lowest BCUT2D eigenvalue weighted by atomic mass is 9.74. The van der Waals surface area contributed by atoms with Gasteiger partial charge in [0.2, 0.25) is 5.91 Å². The highest BCUT2D eigenvalue weighted by Crippen LogP contribution is 2.48. The Bertz CT molecular complexity index is 981. The van der Waals surface area contributed by atoms with E-state index >= 15 is 0 Å². The molecule has 1 aromatic heterocycles. The number of carbonyl (C=O) groups is 1. The van der Waals surface area contributed by atoms with Gasteiger partial charge in [0.15, 0.2) is 0 Å². The van der Waals surface area contributed by atoms with E-state index in [0.29, 0.717) is 32.0 Å². The highest BCUT2D eigenvalue weighted by atomic mass is 19.4. The SMILES string of the molecule is [2H]CO[C@@H]1COCC[C@@H]1N[C@@H]1CC[C@@](C(=O)N2C[C@@H]3C[C@H]2CN3c2ccnc(C(F)(F)F)c2)(C(C)C)C1. The molecule has 1 aromatic rings. The summed E-state index contributed by atoms with van der Waals surface area (Å²) in [5.41, 5.74) is -0.820. The maximum Gasteiger partial charge on any atom is 0.433 e. The maximum atomic E-state index is 14.1. The molecule has 200 valence electrons. The van der Waals surface area contributed by atoms with Gasteiger partial charge >= 0.3 is 6.18 Å². The molecular weight excluding hydrogens is 473 g/mol. The smallest absolute Gasteiger partial charge is 0.379 e. The largest absolute Gasteiger partial charge is 0.433 e. The van der Waals surface area contributed by atoms with Gasteiger partial charge in [-0.2, -0.15) is 13.2 Å². The molecule has 4 heterocycles. The molecule has 0 radical (unpaired) electrons. The quantitative estimate of drug-likeness (QED) is 0.631. The molecule has 10 heteroatoms. The zero-order chi connectivity index (χ0) is 26.4. The number of carbonyl (C=O) groups excluding carboxylic acids is 1. The summed E-state index contributed by atoms with van der Waals surface area (Å²) in [7, 11) is -0.100. The van der Waals surface area contributed by atoms with Crippen LogP contribution < -0.4 is 10.2 Å². The van der Waals surface area contributed by atoms with E-state index in [1.807, 2.05) is 9.80 Å². The van der Waals surface area contributed by atoms with Gasteiger partial charge in [0.25, 0.3) is 0 Å². The van der Waals surface area contributed by atoms with Gasteiger partial charge in [0, 0.05) is 56.8 Å². The fourth-order valence-corrected chi connectivity index (χ4v) is 6.82. The van der Waals surface area contributed by atoms with Crippen LogP contribution in [0, 0.1) is 11.3 Å². The molecule has 1 N–H and O–H groups in total. The summed E-state index contributed by atoms with van der Waals surface area (Å²) in [6.45, 7) is 6.47. The minimum atomic E-state index is -4.48. The number of hydrogen-bond donors (Lipinski definition) is 1. The van der Waals surface area contributed by atoms with Gasteiger partial charge < -0.3 is 24.6 Å². The van der Waals surface area contributed by atoms with Crippen molar-refractivity contribution in [1.29, 1.82) is 0 Å². The molecule has 2 bridgehead atoms. The average Bonchev–Trinajstić information content (AvgIpc) is 3.60. The van der Waals surface area contributed by atoms with Crippen LogP contribution in [0.1, 0.15) is 53.0 Å². The highest BCUT2D eigenvalue weighted by Gasteiger charge is 2.54. The molecular formula is C26H37F3N4O3. The van der Waals surface area contributed by atoms with Crippen LogP contribution in [-0.4, -0.2) is 79.5 Å². The van der Waals surface area contributed by atoms with Crippen molar-refractivity contribution in [1.82, 2.24) is 15.2 Å². The number of amides is 1. The number of ether oxygens (including phenoxy) is 2. The molecule has 0 aromatic carbocycles. The van der Waals surface area contributed by atoms with Crippen molar-refractivity contribution in [3.8, 4) is 0 Å². The molecule has 1 saturated carbocycles. The van der Waals surface area contributed by atoms with Gasteiger partial charge in [-0.05, 0) is 50.2 Å². The number of nitrogens with one attached hydrogen (secondary N) is 1. The number of likely N-dealkylation sites (tertiary alicyclic amines) is 1. The number of rotatable bonds is 6. The Balaban J connectivity index is 1.25. The molecule has 3 aliphatic heterocycles. The van der Waals surface area contributed by atoms with Gasteiger partial charge in [0.05, 0.1) is 25.5 Å². The number of fused-ring (bicyclic) bond motifs is 2. The Labute approximate surface area is 212 Å². The minimum absolute atomic E-state index is 0.00737. The predicted molar refractivity (Wildman–Crippen MR) is 129 cm³/mol. The molecule has 4 aliphatic rings. The summed E-state index contributed by atoms with van der Waals surface area (Å²) in [5.74, 6) is 0.363. The van der Waals surface area contributed by atoms with Crippen molar-refractivity contribution in [2.24, 2.45) is 11.3 Å². The number of anilines is 1. The summed E-state index contributed by atoms with van der Waals surface area (Å²) < 4.78 is 58.1. The third kappa shape index (κ3) is 4.60. The van der Waals surface area contributed by atoms with Crippen LogP contribution >= 0.6 is 0 Å². The summed E-state index contributed by atoms with van der Waals surface area (Å²) in [6.07, 6.45) is 0.648. The first-order valence-electron chi connectivity index (χ1n) is 13.7. The van der Waals surface area contributed by atoms with Gasteiger partial charge in [0.1, 0.15) is 5.69 Å². The predicted octanol–water partition coefficient (Wildman–Crippen LogP) is 3.48. The van der Waals surface area contributed by atoms with Crippen molar-refractivity contribution in [2.75, 3.05) is 38.3 Å². The number of alkyl halides is 3. The van der Waals surface area contributed by atoms with E-state index in [4.69, 9.17) is 10.8 Å². The second-order valence-corrected chi connectivity index (χ2v) is 11.1. The molecule has 6 atom stereocenters. The zero-order valence-electron chi connectivity index (χ0n) is 22.0. The van der Waals surface area contributed by atoms with Gasteiger partial charge in [-0.25, -0.2) is 0 Å². The number of hydrogen-bond acceptors (Lipinski definition) is 6. The van der Waals surface area contributed by atoms with Crippen molar-refractivity contribution in [3.05, 3.63) is 24.0 Å². The van der Waals surface area contributed by atoms with Crippen molar-refractivity contribution in [2.45, 2.75) is 82.4 Å². The molecule has 5 rings (SSSR count). The Kier molecular flexibility index (Phi) is 6.62. The zero-order valence-corrected chi connectivity index (χ0v) is 21.0. The molecule has 36 heavy (non-hydrogen) atoms. The van der Waals surface area contributed by atoms with E-state index in [2.05, 4.69) is 24.1 Å². The first-order valence-corrected chi connectivity index (χ1v) is 13.0. The van der Waals surface area contributed by atoms with Crippen molar-refractivity contribution in [3.63, 3.8) is 0 Å². The molecule has 1 amide bonds. The van der Waals surface area contributed by atoms with E-state index < -0.39 is 17.3 Å². The van der Waals surface area contributed by atoms with Crippen molar-refractivity contribution >= 4 is 11.6 Å². The standard InChI is InChI=1S/C26H37F3N4O3/c1-16(2)25(7-4-17(12-25)31-21-6-9-36-15-22(21)35-3)24(34)33-14-19-10-20(33)13-32(19)18-5-8-30-23(11-18)26(27,28)29/h5,8,11,16-17,19-22,31H,4,6-7,9-10,12-15H2,1-3H3/t17-,19+,20+,21+,22-,25+/m1/s1/i3D. The molecule has 3 saturated heterocycles. The van der Waals surface area contributed by atoms with Crippen LogP contribution in [0.25, 0.3) is 0 Å². The lowest BCUT2D eigenvalue weighted by Crippen LogP contribution is -2.55. The van der Waals surface area contributed by atoms with E-state index in [9.17, 15) is 18.0 Å². The van der Waals surface area contributed by atoms with Crippen molar-refractivity contribution < 1.29 is 28.8 Å². The van der Waals surface area contributed by atoms with E-state index in [1.165, 1.54) is 6.20 Å². The number of halogens is 3. The number of pyridine rings is 1. The van der Waals surface area contributed by atoms with E-state index in [0.717, 1.165) is 38.2 Å². The fourth-order valence-electron chi connectivity index (χ4n) is 6.82. The number of piperazine rings is 1. The molecule has 4 fully saturated rings. The third-order valence-corrected chi connectivity index (χ3v) is 8.92. The molecule has 7 nitrogen and oxygen atoms in total. The second kappa shape index (κ2) is 9.76. The first kappa shape index (κ1) is 24.4. The summed E-state index contributed by atoms with van der Waals surface area (Å²) in [5, 5.41) is 3.72. The number of nitrogens with zero attached hydrogens (tertiary/aromatic N) is 3. The summed E-state index contributed by atoms with van der Waals surface area (Å²) in [6, 6.07) is 3.07. The van der Waals surface area contributed by atoms with Crippen LogP contribution in [-0.2, 0) is 20.4 Å². The summed E-state index contributed by atoms with van der Waals surface area (Å²) >= 11 is 0. The Hall–Kier alpha value is -1.91. The fraction of sp³-hybridized carbons (Fsp3) is 0.769. The van der Waals surface area contributed by atoms with Crippen LogP contribution in [0.15, 0.2) is 18.3 Å². The monoisotopic (exact) mass is 511 g/mol. The van der Waals surface area contributed by atoms with Gasteiger partial charge in [-0.1, -0.05) is 13.8 Å². The Morgan fingerprint density at radius 1 is 1.33 bits per heavy atom. The molecule has 0 unspecified atom stereocenters. The lowest BCUT2D eigenvalue weighted by Gasteiger charge is -2.42. The third-order valence-electron chi connectivity index (χ3n) is 8.92. The lowest BCUT2D eigenvalue weighted by molar-refractivity contribution is -0.146.